The summed E-state index contributed by atoms with van der Waals surface area (Å²) in [5.74, 6) is -1.39. The van der Waals surface area contributed by atoms with Gasteiger partial charge < -0.3 is 15.7 Å². The first kappa shape index (κ1) is 16.5. The molecule has 0 radical (unpaired) electrons. The number of para-hydroxylation sites is 1. The molecule has 2 rings (SSSR count). The maximum atomic E-state index is 12.0. The van der Waals surface area contributed by atoms with E-state index >= 15 is 0 Å². The predicted molar refractivity (Wildman–Crippen MR) is 85.5 cm³/mol. The molecule has 0 heterocycles. The molecule has 5 nitrogen and oxygen atoms in total. The summed E-state index contributed by atoms with van der Waals surface area (Å²) in [6.45, 7) is 2.20. The number of carbonyl (C=O) groups excluding carboxylic acids is 2. The van der Waals surface area contributed by atoms with Gasteiger partial charge in [-0.1, -0.05) is 44.4 Å². The van der Waals surface area contributed by atoms with Crippen LogP contribution in [0, 0.1) is 0 Å². The zero-order valence-corrected chi connectivity index (χ0v) is 13.0. The van der Waals surface area contributed by atoms with Gasteiger partial charge in [0.25, 0.3) is 0 Å². The molecule has 22 heavy (non-hydrogen) atoms. The number of anilines is 1. The number of rotatable bonds is 5. The molecular formula is C17H24N2O3. The van der Waals surface area contributed by atoms with Gasteiger partial charge in [-0.3, -0.25) is 9.59 Å². The summed E-state index contributed by atoms with van der Waals surface area (Å²) in [6, 6.07) is 7.48. The molecule has 3 N–H and O–H groups in total. The fourth-order valence-electron chi connectivity index (χ4n) is 2.84. The van der Waals surface area contributed by atoms with Gasteiger partial charge >= 0.3 is 11.8 Å². The second-order valence-electron chi connectivity index (χ2n) is 5.98. The van der Waals surface area contributed by atoms with Crippen LogP contribution in [0.25, 0.3) is 0 Å². The first-order valence-electron chi connectivity index (χ1n) is 7.93. The number of hydrogen-bond donors (Lipinski definition) is 3. The molecule has 1 aliphatic rings. The van der Waals surface area contributed by atoms with Crippen molar-refractivity contribution in [3.63, 3.8) is 0 Å². The van der Waals surface area contributed by atoms with Crippen LogP contribution in [-0.2, 0) is 16.0 Å². The number of nitrogens with one attached hydrogen (secondary N) is 2. The first-order chi connectivity index (χ1) is 10.5. The minimum Gasteiger partial charge on any atom is -0.388 e. The van der Waals surface area contributed by atoms with Crippen LogP contribution in [-0.4, -0.2) is 29.1 Å². The van der Waals surface area contributed by atoms with Gasteiger partial charge in [-0.05, 0) is 30.9 Å². The zero-order chi connectivity index (χ0) is 16.0. The Hall–Kier alpha value is -1.88. The lowest BCUT2D eigenvalue weighted by molar-refractivity contribution is -0.136. The van der Waals surface area contributed by atoms with Crippen molar-refractivity contribution in [3.05, 3.63) is 29.8 Å². The van der Waals surface area contributed by atoms with Crippen LogP contribution in [0.2, 0.25) is 0 Å². The molecule has 0 saturated heterocycles. The Morgan fingerprint density at radius 2 is 1.86 bits per heavy atom. The van der Waals surface area contributed by atoms with Crippen molar-refractivity contribution in [2.45, 2.75) is 51.0 Å². The van der Waals surface area contributed by atoms with Gasteiger partial charge in [0.15, 0.2) is 0 Å². The van der Waals surface area contributed by atoms with E-state index in [1.165, 1.54) is 0 Å². The molecule has 5 heteroatoms. The Kier molecular flexibility index (Phi) is 5.55. The molecule has 0 unspecified atom stereocenters. The second-order valence-corrected chi connectivity index (χ2v) is 5.98. The maximum Gasteiger partial charge on any atom is 0.313 e. The van der Waals surface area contributed by atoms with Crippen molar-refractivity contribution in [3.8, 4) is 0 Å². The normalized spacial score (nSPS) is 16.3. The van der Waals surface area contributed by atoms with Crippen molar-refractivity contribution in [2.24, 2.45) is 0 Å². The SMILES string of the molecule is CCCc1ccccc1NC(=O)C(=O)NCC1(O)CCCC1. The van der Waals surface area contributed by atoms with E-state index in [-0.39, 0.29) is 6.54 Å². The fourth-order valence-corrected chi connectivity index (χ4v) is 2.84. The highest BCUT2D eigenvalue weighted by Crippen LogP contribution is 2.28. The van der Waals surface area contributed by atoms with Gasteiger partial charge in [-0.2, -0.15) is 0 Å². The summed E-state index contributed by atoms with van der Waals surface area (Å²) in [7, 11) is 0. The highest BCUT2D eigenvalue weighted by atomic mass is 16.3. The Balaban J connectivity index is 1.90. The van der Waals surface area contributed by atoms with Crippen molar-refractivity contribution in [1.29, 1.82) is 0 Å². The number of hydrogen-bond acceptors (Lipinski definition) is 3. The third-order valence-electron chi connectivity index (χ3n) is 4.10. The summed E-state index contributed by atoms with van der Waals surface area (Å²) in [5.41, 5.74) is 0.834. The van der Waals surface area contributed by atoms with Crippen LogP contribution in [0.1, 0.15) is 44.6 Å². The second kappa shape index (κ2) is 7.40. The molecule has 1 aromatic carbocycles. The maximum absolute atomic E-state index is 12.0. The minimum atomic E-state index is -0.851. The van der Waals surface area contributed by atoms with Crippen LogP contribution < -0.4 is 10.6 Å². The Morgan fingerprint density at radius 3 is 2.55 bits per heavy atom. The Morgan fingerprint density at radius 1 is 1.18 bits per heavy atom. The molecule has 0 aliphatic heterocycles. The lowest BCUT2D eigenvalue weighted by Crippen LogP contribution is -2.44. The van der Waals surface area contributed by atoms with E-state index in [1.54, 1.807) is 6.07 Å². The van der Waals surface area contributed by atoms with E-state index in [0.717, 1.165) is 31.2 Å². The zero-order valence-electron chi connectivity index (χ0n) is 13.0. The highest BCUT2D eigenvalue weighted by Gasteiger charge is 2.32. The van der Waals surface area contributed by atoms with Gasteiger partial charge in [0, 0.05) is 12.2 Å². The van der Waals surface area contributed by atoms with Crippen LogP contribution >= 0.6 is 0 Å². The molecule has 1 aromatic rings. The minimum absolute atomic E-state index is 0.135. The standard InChI is InChI=1S/C17H24N2O3/c1-2-7-13-8-3-4-9-14(13)19-16(21)15(20)18-12-17(22)10-5-6-11-17/h3-4,8-9,22H,2,5-7,10-12H2,1H3,(H,18,20)(H,19,21). The molecule has 0 spiro atoms. The third kappa shape index (κ3) is 4.31. The average Bonchev–Trinajstić information content (AvgIpc) is 2.94. The van der Waals surface area contributed by atoms with E-state index in [2.05, 4.69) is 17.6 Å². The number of benzene rings is 1. The summed E-state index contributed by atoms with van der Waals surface area (Å²) >= 11 is 0. The lowest BCUT2D eigenvalue weighted by Gasteiger charge is -2.22. The number of carbonyl (C=O) groups is 2. The molecule has 1 saturated carbocycles. The third-order valence-corrected chi connectivity index (χ3v) is 4.10. The van der Waals surface area contributed by atoms with Gasteiger partial charge in [0.05, 0.1) is 5.60 Å². The fraction of sp³-hybridized carbons (Fsp3) is 0.529. The van der Waals surface area contributed by atoms with Crippen molar-refractivity contribution in [2.75, 3.05) is 11.9 Å². The van der Waals surface area contributed by atoms with Gasteiger partial charge in [-0.15, -0.1) is 0 Å². The first-order valence-corrected chi connectivity index (χ1v) is 7.93. The van der Waals surface area contributed by atoms with Gasteiger partial charge in [0.1, 0.15) is 0 Å². The molecule has 1 fully saturated rings. The van der Waals surface area contributed by atoms with E-state index in [0.29, 0.717) is 18.5 Å². The number of amides is 2. The quantitative estimate of drug-likeness (QED) is 0.728. The van der Waals surface area contributed by atoms with Crippen LogP contribution in [0.5, 0.6) is 0 Å². The Labute approximate surface area is 131 Å². The molecular weight excluding hydrogens is 280 g/mol. The van der Waals surface area contributed by atoms with Crippen molar-refractivity contribution < 1.29 is 14.7 Å². The molecule has 1 aliphatic carbocycles. The summed E-state index contributed by atoms with van der Waals surface area (Å²) in [4.78, 5) is 23.9. The predicted octanol–water partition coefficient (Wildman–Crippen LogP) is 2.00. The van der Waals surface area contributed by atoms with Crippen LogP contribution in [0.3, 0.4) is 0 Å². The highest BCUT2D eigenvalue weighted by molar-refractivity contribution is 6.39. The average molecular weight is 304 g/mol. The topological polar surface area (TPSA) is 78.4 Å². The molecule has 0 aromatic heterocycles. The lowest BCUT2D eigenvalue weighted by atomic mass is 10.0. The number of aliphatic hydroxyl groups is 1. The van der Waals surface area contributed by atoms with E-state index < -0.39 is 17.4 Å². The van der Waals surface area contributed by atoms with E-state index in [1.807, 2.05) is 18.2 Å². The summed E-state index contributed by atoms with van der Waals surface area (Å²) in [6.07, 6.45) is 5.08. The van der Waals surface area contributed by atoms with Gasteiger partial charge in [-0.25, -0.2) is 0 Å². The molecule has 120 valence electrons. The smallest absolute Gasteiger partial charge is 0.313 e. The van der Waals surface area contributed by atoms with E-state index in [4.69, 9.17) is 0 Å². The summed E-state index contributed by atoms with van der Waals surface area (Å²) in [5, 5.41) is 15.4. The molecule has 2 amide bonds. The van der Waals surface area contributed by atoms with E-state index in [9.17, 15) is 14.7 Å². The largest absolute Gasteiger partial charge is 0.388 e. The number of aryl methyl sites for hydroxylation is 1. The van der Waals surface area contributed by atoms with Crippen molar-refractivity contribution >= 4 is 17.5 Å². The summed E-state index contributed by atoms with van der Waals surface area (Å²) < 4.78 is 0. The van der Waals surface area contributed by atoms with Gasteiger partial charge in [0.2, 0.25) is 0 Å². The van der Waals surface area contributed by atoms with Crippen molar-refractivity contribution in [1.82, 2.24) is 5.32 Å². The van der Waals surface area contributed by atoms with Crippen LogP contribution in [0.15, 0.2) is 24.3 Å². The van der Waals surface area contributed by atoms with Crippen LogP contribution in [0.4, 0.5) is 5.69 Å². The Bertz CT molecular complexity index is 536. The monoisotopic (exact) mass is 304 g/mol. The molecule has 0 bridgehead atoms. The molecule has 0 atom stereocenters.